The molecule has 3 heterocycles. The summed E-state index contributed by atoms with van der Waals surface area (Å²) in [4.78, 5) is 43.5. The average molecular weight is 390 g/mol. The number of pyridine rings is 1. The minimum absolute atomic E-state index is 0.0389. The summed E-state index contributed by atoms with van der Waals surface area (Å²) in [6.45, 7) is 2.93. The largest absolute Gasteiger partial charge is 0.337 e. The molecule has 2 amide bonds. The second kappa shape index (κ2) is 7.87. The highest BCUT2D eigenvalue weighted by molar-refractivity contribution is 6.06. The number of nitrogens with one attached hydrogen (secondary N) is 1. The number of imidazole rings is 1. The summed E-state index contributed by atoms with van der Waals surface area (Å²) in [6.07, 6.45) is 4.83. The summed E-state index contributed by atoms with van der Waals surface area (Å²) in [5, 5.41) is 2.79. The number of carbonyl (C=O) groups is 3. The number of carbonyl (C=O) groups excluding carboxylic acids is 3. The molecule has 148 valence electrons. The Morgan fingerprint density at radius 3 is 2.38 bits per heavy atom. The first-order valence-electron chi connectivity index (χ1n) is 9.73. The Labute approximate surface area is 168 Å². The Balaban J connectivity index is 1.64. The van der Waals surface area contributed by atoms with Gasteiger partial charge in [-0.2, -0.15) is 0 Å². The maximum Gasteiger partial charge on any atom is 0.292 e. The molecule has 1 fully saturated rings. The predicted molar refractivity (Wildman–Crippen MR) is 109 cm³/mol. The molecule has 0 aliphatic carbocycles. The summed E-state index contributed by atoms with van der Waals surface area (Å²) in [5.74, 6) is -0.447. The van der Waals surface area contributed by atoms with Crippen LogP contribution in [-0.4, -0.2) is 45.0 Å². The Bertz CT molecular complexity index is 1080. The minimum Gasteiger partial charge on any atom is -0.337 e. The first-order chi connectivity index (χ1) is 14.0. The number of hydrogen-bond donors (Lipinski definition) is 1. The van der Waals surface area contributed by atoms with E-state index in [0.717, 1.165) is 19.3 Å². The normalized spacial score (nSPS) is 14.0. The molecule has 3 aromatic rings. The molecule has 7 nitrogen and oxygen atoms in total. The van der Waals surface area contributed by atoms with Gasteiger partial charge in [-0.15, -0.1) is 0 Å². The van der Waals surface area contributed by atoms with Gasteiger partial charge in [0.05, 0.1) is 5.52 Å². The van der Waals surface area contributed by atoms with E-state index in [0.29, 0.717) is 35.6 Å². The summed E-state index contributed by atoms with van der Waals surface area (Å²) in [6, 6.07) is 12.1. The molecule has 2 aromatic heterocycles. The van der Waals surface area contributed by atoms with Crippen molar-refractivity contribution < 1.29 is 14.4 Å². The molecule has 1 N–H and O–H groups in total. The molecule has 0 saturated carbocycles. The van der Waals surface area contributed by atoms with Gasteiger partial charge in [0, 0.05) is 30.5 Å². The van der Waals surface area contributed by atoms with Crippen LogP contribution in [0.25, 0.3) is 5.52 Å². The van der Waals surface area contributed by atoms with Gasteiger partial charge in [-0.3, -0.25) is 18.8 Å². The van der Waals surface area contributed by atoms with Gasteiger partial charge in [-0.1, -0.05) is 6.07 Å². The smallest absolute Gasteiger partial charge is 0.292 e. The van der Waals surface area contributed by atoms with Crippen molar-refractivity contribution in [1.82, 2.24) is 14.3 Å². The zero-order valence-electron chi connectivity index (χ0n) is 16.2. The fourth-order valence-electron chi connectivity index (χ4n) is 3.58. The van der Waals surface area contributed by atoms with Crippen LogP contribution >= 0.6 is 0 Å². The predicted octanol–water partition coefficient (Wildman–Crippen LogP) is 3.42. The van der Waals surface area contributed by atoms with Gasteiger partial charge >= 0.3 is 0 Å². The first-order valence-corrected chi connectivity index (χ1v) is 9.73. The van der Waals surface area contributed by atoms with Crippen LogP contribution in [0.15, 0.2) is 48.7 Å². The molecule has 1 aliphatic rings. The Kier molecular flexibility index (Phi) is 5.12. The molecule has 0 bridgehead atoms. The van der Waals surface area contributed by atoms with E-state index in [-0.39, 0.29) is 17.5 Å². The van der Waals surface area contributed by atoms with Crippen LogP contribution in [0, 0.1) is 0 Å². The van der Waals surface area contributed by atoms with Crippen LogP contribution in [-0.2, 0) is 0 Å². The van der Waals surface area contributed by atoms with Crippen molar-refractivity contribution >= 4 is 28.8 Å². The van der Waals surface area contributed by atoms with Crippen molar-refractivity contribution in [2.75, 3.05) is 18.4 Å². The maximum absolute atomic E-state index is 13.0. The fraction of sp³-hybridized carbons (Fsp3) is 0.273. The molecule has 1 saturated heterocycles. The van der Waals surface area contributed by atoms with E-state index in [1.807, 2.05) is 6.07 Å². The SMILES string of the molecule is CC(=O)c1ccc(NC(=O)c2nc(C(=O)N3CCCCC3)c3ccccn23)cc1. The molecule has 4 rings (SSSR count). The van der Waals surface area contributed by atoms with Crippen LogP contribution in [0.3, 0.4) is 0 Å². The number of nitrogens with zero attached hydrogens (tertiary/aromatic N) is 3. The number of benzene rings is 1. The number of aromatic nitrogens is 2. The van der Waals surface area contributed by atoms with E-state index < -0.39 is 5.91 Å². The second-order valence-corrected chi connectivity index (χ2v) is 7.18. The Hall–Kier alpha value is -3.48. The minimum atomic E-state index is -0.417. The standard InChI is InChI=1S/C22H22N4O3/c1-15(27)16-8-10-17(11-9-16)23-21(28)20-24-19(18-7-3-6-14-26(18)20)22(29)25-12-4-2-5-13-25/h3,6-11,14H,2,4-5,12-13H2,1H3,(H,23,28). The zero-order chi connectivity index (χ0) is 20.4. The van der Waals surface area contributed by atoms with Crippen LogP contribution in [0.1, 0.15) is 57.7 Å². The lowest BCUT2D eigenvalue weighted by Gasteiger charge is -2.25. The lowest BCUT2D eigenvalue weighted by atomic mass is 10.1. The van der Waals surface area contributed by atoms with E-state index in [2.05, 4.69) is 10.3 Å². The fourth-order valence-corrected chi connectivity index (χ4v) is 3.58. The first kappa shape index (κ1) is 18.9. The summed E-state index contributed by atoms with van der Waals surface area (Å²) < 4.78 is 1.64. The second-order valence-electron chi connectivity index (χ2n) is 7.18. The number of anilines is 1. The zero-order valence-corrected chi connectivity index (χ0v) is 16.2. The third kappa shape index (κ3) is 3.76. The lowest BCUT2D eigenvalue weighted by Crippen LogP contribution is -2.36. The number of fused-ring (bicyclic) bond motifs is 1. The van der Waals surface area contributed by atoms with E-state index in [1.165, 1.54) is 6.92 Å². The van der Waals surface area contributed by atoms with Crippen LogP contribution in [0.2, 0.25) is 0 Å². The summed E-state index contributed by atoms with van der Waals surface area (Å²) >= 11 is 0. The molecule has 7 heteroatoms. The van der Waals surface area contributed by atoms with Gasteiger partial charge in [0.1, 0.15) is 0 Å². The van der Waals surface area contributed by atoms with Gasteiger partial charge in [0.15, 0.2) is 11.5 Å². The number of likely N-dealkylation sites (tertiary alicyclic amines) is 1. The van der Waals surface area contributed by atoms with Crippen LogP contribution in [0.5, 0.6) is 0 Å². The average Bonchev–Trinajstić information content (AvgIpc) is 3.14. The molecule has 0 atom stereocenters. The topological polar surface area (TPSA) is 83.8 Å². The van der Waals surface area contributed by atoms with Gasteiger partial charge < -0.3 is 10.2 Å². The highest BCUT2D eigenvalue weighted by atomic mass is 16.2. The molecule has 1 aliphatic heterocycles. The van der Waals surface area contributed by atoms with Gasteiger partial charge in [0.25, 0.3) is 11.8 Å². The van der Waals surface area contributed by atoms with E-state index >= 15 is 0 Å². The number of Topliss-reactive ketones (excluding diaryl/α,β-unsaturated/α-hetero) is 1. The van der Waals surface area contributed by atoms with Crippen molar-refractivity contribution in [3.63, 3.8) is 0 Å². The number of amides is 2. The number of piperidine rings is 1. The highest BCUT2D eigenvalue weighted by Gasteiger charge is 2.26. The van der Waals surface area contributed by atoms with Gasteiger partial charge in [-0.05, 0) is 62.6 Å². The lowest BCUT2D eigenvalue weighted by molar-refractivity contribution is 0.0720. The highest BCUT2D eigenvalue weighted by Crippen LogP contribution is 2.19. The molecule has 29 heavy (non-hydrogen) atoms. The monoisotopic (exact) mass is 390 g/mol. The third-order valence-corrected chi connectivity index (χ3v) is 5.15. The van der Waals surface area contributed by atoms with Crippen LogP contribution in [0.4, 0.5) is 5.69 Å². The van der Waals surface area contributed by atoms with Crippen molar-refractivity contribution in [1.29, 1.82) is 0 Å². The van der Waals surface area contributed by atoms with Crippen LogP contribution < -0.4 is 5.32 Å². The van der Waals surface area contributed by atoms with Crippen molar-refractivity contribution in [3.8, 4) is 0 Å². The molecule has 0 spiro atoms. The van der Waals surface area contributed by atoms with E-state index in [9.17, 15) is 14.4 Å². The summed E-state index contributed by atoms with van der Waals surface area (Å²) in [7, 11) is 0. The molecular weight excluding hydrogens is 368 g/mol. The van der Waals surface area contributed by atoms with E-state index in [4.69, 9.17) is 0 Å². The quantitative estimate of drug-likeness (QED) is 0.692. The van der Waals surface area contributed by atoms with E-state index in [1.54, 1.807) is 51.9 Å². The number of ketones is 1. The maximum atomic E-state index is 13.0. The molecule has 0 radical (unpaired) electrons. The molecule has 1 aromatic carbocycles. The number of hydrogen-bond acceptors (Lipinski definition) is 4. The molecule has 0 unspecified atom stereocenters. The Morgan fingerprint density at radius 2 is 1.69 bits per heavy atom. The van der Waals surface area contributed by atoms with Crippen molar-refractivity contribution in [2.45, 2.75) is 26.2 Å². The number of rotatable bonds is 4. The summed E-state index contributed by atoms with van der Waals surface area (Å²) in [5.41, 5.74) is 2.03. The molecular formula is C22H22N4O3. The van der Waals surface area contributed by atoms with Gasteiger partial charge in [0.2, 0.25) is 5.82 Å². The third-order valence-electron chi connectivity index (χ3n) is 5.15. The van der Waals surface area contributed by atoms with Crippen molar-refractivity contribution in [3.05, 3.63) is 65.7 Å². The van der Waals surface area contributed by atoms with Crippen molar-refractivity contribution in [2.24, 2.45) is 0 Å². The Morgan fingerprint density at radius 1 is 0.966 bits per heavy atom. The van der Waals surface area contributed by atoms with Gasteiger partial charge in [-0.25, -0.2) is 4.98 Å².